The molecular weight excluding hydrogens is 489 g/mol. The van der Waals surface area contributed by atoms with E-state index in [-0.39, 0.29) is 17.5 Å². The van der Waals surface area contributed by atoms with Crippen LogP contribution in [0.5, 0.6) is 0 Å². The molecular formula is C28H29ClFN7. The van der Waals surface area contributed by atoms with Gasteiger partial charge in [0.15, 0.2) is 0 Å². The third-order valence-electron chi connectivity index (χ3n) is 6.79. The lowest BCUT2D eigenvalue weighted by atomic mass is 9.87. The van der Waals surface area contributed by atoms with E-state index < -0.39 is 11.8 Å². The van der Waals surface area contributed by atoms with Crippen LogP contribution in [0.25, 0.3) is 10.9 Å². The Balaban J connectivity index is 1.63. The van der Waals surface area contributed by atoms with Crippen molar-refractivity contribution < 1.29 is 5.76 Å². The summed E-state index contributed by atoms with van der Waals surface area (Å²) < 4.78 is 25.1. The van der Waals surface area contributed by atoms with Crippen LogP contribution in [-0.2, 0) is 0 Å². The minimum atomic E-state index is -1.59. The van der Waals surface area contributed by atoms with E-state index in [9.17, 15) is 11.0 Å². The average Bonchev–Trinajstić information content (AvgIpc) is 3.59. The van der Waals surface area contributed by atoms with Gasteiger partial charge in [-0.25, -0.2) is 9.07 Å². The number of hydrogen-bond acceptors (Lipinski definition) is 6. The van der Waals surface area contributed by atoms with Crippen molar-refractivity contribution in [3.8, 4) is 6.07 Å². The van der Waals surface area contributed by atoms with Gasteiger partial charge in [-0.05, 0) is 55.0 Å². The number of nitriles is 1. The van der Waals surface area contributed by atoms with Crippen LogP contribution in [0.1, 0.15) is 70.8 Å². The Labute approximate surface area is 222 Å². The van der Waals surface area contributed by atoms with Gasteiger partial charge in [0, 0.05) is 23.3 Å². The quantitative estimate of drug-likeness (QED) is 0.277. The molecule has 0 radical (unpaired) electrons. The minimum Gasteiger partial charge on any atom is -0.380 e. The van der Waals surface area contributed by atoms with Gasteiger partial charge in [-0.15, -0.1) is 5.10 Å². The smallest absolute Gasteiger partial charge is 0.123 e. The van der Waals surface area contributed by atoms with Crippen molar-refractivity contribution >= 4 is 33.9 Å². The molecule has 0 amide bonds. The summed E-state index contributed by atoms with van der Waals surface area (Å²) in [6.45, 7) is 8.41. The van der Waals surface area contributed by atoms with E-state index in [4.69, 9.17) is 11.6 Å². The van der Waals surface area contributed by atoms with Crippen molar-refractivity contribution in [1.82, 2.24) is 20.0 Å². The number of halogens is 2. The van der Waals surface area contributed by atoms with Gasteiger partial charge >= 0.3 is 0 Å². The monoisotopic (exact) mass is 518 g/mol. The highest BCUT2D eigenvalue weighted by molar-refractivity contribution is 6.35. The summed E-state index contributed by atoms with van der Waals surface area (Å²) in [6.07, 6.45) is 5.32. The highest BCUT2D eigenvalue weighted by atomic mass is 35.5. The van der Waals surface area contributed by atoms with Crippen LogP contribution >= 0.6 is 11.6 Å². The number of anilines is 2. The molecule has 4 aromatic rings. The molecule has 2 aromatic carbocycles. The van der Waals surface area contributed by atoms with E-state index in [1.807, 2.05) is 6.07 Å². The van der Waals surface area contributed by atoms with Gasteiger partial charge in [0.2, 0.25) is 0 Å². The SMILES string of the molecule is [2H]C(Nc1cc(Cl)c2ncc(C#N)c(N[C@@H](C)C(C)(C)C)c2c1)(c1ccc(F)cc1)c1cn(C2CC2)nn1. The minimum absolute atomic E-state index is 0.0301. The summed E-state index contributed by atoms with van der Waals surface area (Å²) in [5.41, 5.74) is 2.86. The first kappa shape index (κ1) is 23.7. The van der Waals surface area contributed by atoms with Gasteiger partial charge in [0.1, 0.15) is 17.6 Å². The van der Waals surface area contributed by atoms with Crippen LogP contribution < -0.4 is 10.6 Å². The summed E-state index contributed by atoms with van der Waals surface area (Å²) >= 11 is 6.70. The molecule has 0 saturated heterocycles. The van der Waals surface area contributed by atoms with Crippen LogP contribution in [0.2, 0.25) is 5.02 Å². The van der Waals surface area contributed by atoms with E-state index >= 15 is 0 Å². The van der Waals surface area contributed by atoms with E-state index in [0.717, 1.165) is 12.8 Å². The van der Waals surface area contributed by atoms with Gasteiger partial charge in [-0.3, -0.25) is 4.98 Å². The average molecular weight is 519 g/mol. The van der Waals surface area contributed by atoms with E-state index in [0.29, 0.717) is 44.1 Å². The maximum atomic E-state index is 13.8. The Morgan fingerprint density at radius 3 is 2.59 bits per heavy atom. The van der Waals surface area contributed by atoms with Crippen molar-refractivity contribution in [2.45, 2.75) is 58.6 Å². The van der Waals surface area contributed by atoms with Gasteiger partial charge in [-0.1, -0.05) is 49.7 Å². The van der Waals surface area contributed by atoms with Crippen LogP contribution in [0.3, 0.4) is 0 Å². The third kappa shape index (κ3) is 5.23. The fraction of sp³-hybridized carbons (Fsp3) is 0.357. The summed E-state index contributed by atoms with van der Waals surface area (Å²) in [5, 5.41) is 26.2. The van der Waals surface area contributed by atoms with Gasteiger partial charge in [0.25, 0.3) is 0 Å². The van der Waals surface area contributed by atoms with Gasteiger partial charge in [-0.2, -0.15) is 5.26 Å². The molecule has 2 heterocycles. The molecule has 1 fully saturated rings. The number of nitrogens with one attached hydrogen (secondary N) is 2. The molecule has 0 aliphatic heterocycles. The lowest BCUT2D eigenvalue weighted by molar-refractivity contribution is 0.359. The first-order chi connectivity index (χ1) is 18.0. The lowest BCUT2D eigenvalue weighted by Gasteiger charge is -2.30. The standard InChI is InChI=1S/C28H29ClFN7/c1-16(28(2,3)4)33-25-18(13-31)14-32-27-22(25)11-20(12-23(27)29)34-26(17-5-7-19(30)8-6-17)24-15-37(36-35-24)21-9-10-21/h5-8,11-12,14-16,21,26,34H,9-10H2,1-4H3,(H,32,33)/t16-,26?/m0/s1/i26D. The zero-order valence-electron chi connectivity index (χ0n) is 22.2. The second-order valence-corrected chi connectivity index (χ2v) is 11.0. The molecule has 0 bridgehead atoms. The van der Waals surface area contributed by atoms with Crippen molar-refractivity contribution in [2.24, 2.45) is 5.41 Å². The first-order valence-corrected chi connectivity index (χ1v) is 12.6. The van der Waals surface area contributed by atoms with E-state index in [2.05, 4.69) is 59.7 Å². The van der Waals surface area contributed by atoms with E-state index in [1.54, 1.807) is 29.1 Å². The Bertz CT molecular complexity index is 1540. The maximum Gasteiger partial charge on any atom is 0.123 e. The zero-order valence-corrected chi connectivity index (χ0v) is 21.9. The molecule has 1 aliphatic carbocycles. The highest BCUT2D eigenvalue weighted by Crippen LogP contribution is 2.38. The van der Waals surface area contributed by atoms with Gasteiger partial charge < -0.3 is 10.6 Å². The summed E-state index contributed by atoms with van der Waals surface area (Å²) in [6, 6.07) is 10.2. The van der Waals surface area contributed by atoms with Crippen molar-refractivity contribution in [2.75, 3.05) is 10.6 Å². The Hall–Kier alpha value is -3.70. The lowest BCUT2D eigenvalue weighted by Crippen LogP contribution is -2.31. The molecule has 2 aromatic heterocycles. The van der Waals surface area contributed by atoms with Crippen LogP contribution in [-0.4, -0.2) is 26.0 Å². The predicted octanol–water partition coefficient (Wildman–Crippen LogP) is 6.87. The number of hydrogen-bond donors (Lipinski definition) is 2. The Kier molecular flexibility index (Phi) is 6.17. The fourth-order valence-corrected chi connectivity index (χ4v) is 4.23. The van der Waals surface area contributed by atoms with E-state index in [1.165, 1.54) is 18.3 Å². The molecule has 37 heavy (non-hydrogen) atoms. The number of aromatic nitrogens is 4. The van der Waals surface area contributed by atoms with Crippen molar-refractivity contribution in [3.05, 3.63) is 76.5 Å². The first-order valence-electron chi connectivity index (χ1n) is 12.7. The van der Waals surface area contributed by atoms with Crippen LogP contribution in [0.15, 0.2) is 48.8 Å². The molecule has 1 unspecified atom stereocenters. The molecule has 5 rings (SSSR count). The number of nitrogens with zero attached hydrogens (tertiary/aromatic N) is 5. The fourth-order valence-electron chi connectivity index (χ4n) is 3.96. The highest BCUT2D eigenvalue weighted by Gasteiger charge is 2.27. The number of fused-ring (bicyclic) bond motifs is 1. The number of benzene rings is 2. The normalized spacial score (nSPS) is 16.5. The zero-order chi connectivity index (χ0) is 27.2. The molecule has 9 heteroatoms. The molecule has 0 spiro atoms. The second-order valence-electron chi connectivity index (χ2n) is 10.6. The maximum absolute atomic E-state index is 13.8. The largest absolute Gasteiger partial charge is 0.380 e. The topological polar surface area (TPSA) is 91.5 Å². The number of pyridine rings is 1. The molecule has 2 N–H and O–H groups in total. The molecule has 1 aliphatic rings. The van der Waals surface area contributed by atoms with Crippen molar-refractivity contribution in [1.29, 1.82) is 5.26 Å². The summed E-state index contributed by atoms with van der Waals surface area (Å²) in [5.74, 6) is -0.398. The van der Waals surface area contributed by atoms with Crippen LogP contribution in [0, 0.1) is 22.6 Å². The Morgan fingerprint density at radius 2 is 1.95 bits per heavy atom. The third-order valence-corrected chi connectivity index (χ3v) is 7.08. The van der Waals surface area contributed by atoms with Crippen molar-refractivity contribution in [3.63, 3.8) is 0 Å². The van der Waals surface area contributed by atoms with Crippen LogP contribution in [0.4, 0.5) is 15.8 Å². The summed E-state index contributed by atoms with van der Waals surface area (Å²) in [7, 11) is 0. The Morgan fingerprint density at radius 1 is 1.22 bits per heavy atom. The molecule has 190 valence electrons. The summed E-state index contributed by atoms with van der Waals surface area (Å²) in [4.78, 5) is 4.44. The van der Waals surface area contributed by atoms with Gasteiger partial charge in [0.05, 0.1) is 41.4 Å². The number of rotatable bonds is 7. The molecule has 1 saturated carbocycles. The molecule has 7 nitrogen and oxygen atoms in total. The second kappa shape index (κ2) is 9.64. The predicted molar refractivity (Wildman–Crippen MR) is 144 cm³/mol. The molecule has 2 atom stereocenters.